The van der Waals surface area contributed by atoms with Crippen LogP contribution in [0.4, 0.5) is 0 Å². The second-order valence-corrected chi connectivity index (χ2v) is 4.68. The van der Waals surface area contributed by atoms with Crippen molar-refractivity contribution >= 4 is 29.0 Å². The van der Waals surface area contributed by atoms with E-state index < -0.39 is 0 Å². The van der Waals surface area contributed by atoms with Crippen LogP contribution in [-0.2, 0) is 6.54 Å². The monoisotopic (exact) mass is 304 g/mol. The van der Waals surface area contributed by atoms with Crippen molar-refractivity contribution in [3.63, 3.8) is 0 Å². The van der Waals surface area contributed by atoms with E-state index in [0.29, 0.717) is 5.02 Å². The Morgan fingerprint density at radius 1 is 1.30 bits per heavy atom. The Kier molecular flexibility index (Phi) is 4.05. The van der Waals surface area contributed by atoms with E-state index in [9.17, 15) is 4.79 Å². The van der Waals surface area contributed by atoms with Crippen LogP contribution in [0, 0.1) is 22.7 Å². The van der Waals surface area contributed by atoms with Gasteiger partial charge in [0.25, 0.3) is 0 Å². The van der Waals surface area contributed by atoms with Gasteiger partial charge in [0.15, 0.2) is 17.2 Å². The zero-order valence-corrected chi connectivity index (χ0v) is 11.5. The molecule has 2 aromatic rings. The zero-order chi connectivity index (χ0) is 14.7. The van der Waals surface area contributed by atoms with Crippen molar-refractivity contribution in [3.8, 4) is 12.1 Å². The molecule has 1 aromatic carbocycles. The number of ketones is 1. The van der Waals surface area contributed by atoms with Crippen molar-refractivity contribution in [1.29, 1.82) is 10.5 Å². The first-order valence-corrected chi connectivity index (χ1v) is 6.16. The lowest BCUT2D eigenvalue weighted by atomic mass is 10.1. The quantitative estimate of drug-likeness (QED) is 0.816. The van der Waals surface area contributed by atoms with Gasteiger partial charge in [-0.15, -0.1) is 0 Å². The molecular weight excluding hydrogens is 299 g/mol. The number of halogens is 2. The smallest absolute Gasteiger partial charge is 0.184 e. The lowest BCUT2D eigenvalue weighted by molar-refractivity contribution is 0.0972. The van der Waals surface area contributed by atoms with E-state index >= 15 is 0 Å². The summed E-state index contributed by atoms with van der Waals surface area (Å²) in [7, 11) is 0. The highest BCUT2D eigenvalue weighted by Crippen LogP contribution is 2.21. The van der Waals surface area contributed by atoms with Crippen LogP contribution >= 0.6 is 23.2 Å². The number of nitrogens with zero attached hydrogens (tertiary/aromatic N) is 4. The lowest BCUT2D eigenvalue weighted by Gasteiger charge is -2.05. The lowest BCUT2D eigenvalue weighted by Crippen LogP contribution is -2.12. The minimum absolute atomic E-state index is 0.0162. The molecule has 0 aliphatic rings. The summed E-state index contributed by atoms with van der Waals surface area (Å²) < 4.78 is 1.30. The molecule has 0 spiro atoms. The van der Waals surface area contributed by atoms with E-state index in [0.717, 1.165) is 0 Å². The number of carbonyl (C=O) groups is 1. The van der Waals surface area contributed by atoms with Crippen molar-refractivity contribution in [1.82, 2.24) is 9.55 Å². The third kappa shape index (κ3) is 2.65. The Hall–Kier alpha value is -2.34. The molecule has 0 N–H and O–H groups in total. The van der Waals surface area contributed by atoms with Gasteiger partial charge in [-0.2, -0.15) is 10.5 Å². The summed E-state index contributed by atoms with van der Waals surface area (Å²) in [4.78, 5) is 15.9. The molecule has 0 saturated carbocycles. The standard InChI is InChI=1S/C13H6Cl2N4O/c14-8-1-2-10(15)9(3-8)13(20)6-19-7-18-11(4-16)12(19)5-17/h1-3,7H,6H2. The molecule has 0 fully saturated rings. The number of imidazole rings is 1. The van der Waals surface area contributed by atoms with Crippen LogP contribution in [0.25, 0.3) is 0 Å². The molecule has 0 saturated heterocycles. The summed E-state index contributed by atoms with van der Waals surface area (Å²) >= 11 is 11.8. The molecule has 0 atom stereocenters. The third-order valence-electron chi connectivity index (χ3n) is 2.59. The minimum atomic E-state index is -0.323. The highest BCUT2D eigenvalue weighted by Gasteiger charge is 2.16. The Bertz CT molecular complexity index is 768. The fraction of sp³-hybridized carbons (Fsp3) is 0.0769. The van der Waals surface area contributed by atoms with Gasteiger partial charge in [0.2, 0.25) is 0 Å². The third-order valence-corrected chi connectivity index (χ3v) is 3.16. The van der Waals surface area contributed by atoms with Crippen LogP contribution in [0.5, 0.6) is 0 Å². The largest absolute Gasteiger partial charge is 0.313 e. The predicted molar refractivity (Wildman–Crippen MR) is 72.4 cm³/mol. The van der Waals surface area contributed by atoms with Crippen LogP contribution in [-0.4, -0.2) is 15.3 Å². The zero-order valence-electron chi connectivity index (χ0n) is 9.97. The molecule has 5 nitrogen and oxygen atoms in total. The first-order chi connectivity index (χ1) is 9.56. The van der Waals surface area contributed by atoms with Crippen molar-refractivity contribution in [2.24, 2.45) is 0 Å². The molecule has 7 heteroatoms. The van der Waals surface area contributed by atoms with Crippen LogP contribution in [0.3, 0.4) is 0 Å². The number of carbonyl (C=O) groups excluding carboxylic acids is 1. The Balaban J connectivity index is 2.34. The number of hydrogen-bond acceptors (Lipinski definition) is 4. The molecule has 0 radical (unpaired) electrons. The first kappa shape index (κ1) is 14.1. The summed E-state index contributed by atoms with van der Waals surface area (Å²) in [6, 6.07) is 8.19. The van der Waals surface area contributed by atoms with Gasteiger partial charge in [-0.3, -0.25) is 4.79 Å². The minimum Gasteiger partial charge on any atom is -0.313 e. The van der Waals surface area contributed by atoms with Gasteiger partial charge < -0.3 is 4.57 Å². The Morgan fingerprint density at radius 3 is 2.70 bits per heavy atom. The van der Waals surface area contributed by atoms with Gasteiger partial charge in [-0.1, -0.05) is 23.2 Å². The first-order valence-electron chi connectivity index (χ1n) is 5.40. The van der Waals surface area contributed by atoms with E-state index in [1.165, 1.54) is 23.0 Å². The van der Waals surface area contributed by atoms with Crippen LogP contribution < -0.4 is 0 Å². The molecule has 98 valence electrons. The molecule has 0 unspecified atom stereocenters. The highest BCUT2D eigenvalue weighted by atomic mass is 35.5. The van der Waals surface area contributed by atoms with E-state index in [1.807, 2.05) is 6.07 Å². The summed E-state index contributed by atoms with van der Waals surface area (Å²) in [6.45, 7) is -0.141. The molecular formula is C13H6Cl2N4O. The van der Waals surface area contributed by atoms with Gasteiger partial charge in [0.05, 0.1) is 17.9 Å². The van der Waals surface area contributed by atoms with E-state index in [2.05, 4.69) is 4.98 Å². The molecule has 20 heavy (non-hydrogen) atoms. The molecule has 0 amide bonds. The molecule has 0 bridgehead atoms. The van der Waals surface area contributed by atoms with Crippen LogP contribution in [0.2, 0.25) is 10.0 Å². The number of aromatic nitrogens is 2. The summed E-state index contributed by atoms with van der Waals surface area (Å²) in [5, 5.41) is 18.4. The maximum Gasteiger partial charge on any atom is 0.184 e. The number of Topliss-reactive ketones (excluding diaryl/α,β-unsaturated/α-hetero) is 1. The topological polar surface area (TPSA) is 82.5 Å². The van der Waals surface area contributed by atoms with E-state index in [1.54, 1.807) is 12.1 Å². The summed E-state index contributed by atoms with van der Waals surface area (Å²) in [5.74, 6) is -0.323. The summed E-state index contributed by atoms with van der Waals surface area (Å²) in [6.07, 6.45) is 1.27. The van der Waals surface area contributed by atoms with Crippen LogP contribution in [0.1, 0.15) is 21.7 Å². The van der Waals surface area contributed by atoms with Gasteiger partial charge >= 0.3 is 0 Å². The molecule has 1 aromatic heterocycles. The van der Waals surface area contributed by atoms with Gasteiger partial charge in [0, 0.05) is 10.6 Å². The Morgan fingerprint density at radius 2 is 2.05 bits per heavy atom. The van der Waals surface area contributed by atoms with Crippen molar-refractivity contribution in [3.05, 3.63) is 51.5 Å². The van der Waals surface area contributed by atoms with E-state index in [-0.39, 0.29) is 34.3 Å². The Labute approximate surface area is 124 Å². The number of hydrogen-bond donors (Lipinski definition) is 0. The fourth-order valence-corrected chi connectivity index (χ4v) is 2.05. The maximum absolute atomic E-state index is 12.2. The van der Waals surface area contributed by atoms with E-state index in [4.69, 9.17) is 33.7 Å². The second kappa shape index (κ2) is 5.75. The molecule has 2 rings (SSSR count). The van der Waals surface area contributed by atoms with Crippen molar-refractivity contribution < 1.29 is 4.79 Å². The van der Waals surface area contributed by atoms with Gasteiger partial charge in [-0.25, -0.2) is 4.98 Å². The molecule has 1 heterocycles. The fourth-order valence-electron chi connectivity index (χ4n) is 1.65. The number of nitriles is 2. The number of benzene rings is 1. The molecule has 0 aliphatic heterocycles. The number of rotatable bonds is 3. The highest BCUT2D eigenvalue weighted by molar-refractivity contribution is 6.35. The average Bonchev–Trinajstić information content (AvgIpc) is 2.83. The van der Waals surface area contributed by atoms with Gasteiger partial charge in [-0.05, 0) is 18.2 Å². The normalized spacial score (nSPS) is 9.80. The van der Waals surface area contributed by atoms with Gasteiger partial charge in [0.1, 0.15) is 12.1 Å². The van der Waals surface area contributed by atoms with Crippen molar-refractivity contribution in [2.75, 3.05) is 0 Å². The predicted octanol–water partition coefficient (Wildman–Crippen LogP) is 2.82. The summed E-state index contributed by atoms with van der Waals surface area (Å²) in [5.41, 5.74) is 0.284. The average molecular weight is 305 g/mol. The molecule has 0 aliphatic carbocycles. The SMILES string of the molecule is N#Cc1ncn(CC(=O)c2cc(Cl)ccc2Cl)c1C#N. The van der Waals surface area contributed by atoms with Crippen molar-refractivity contribution in [2.45, 2.75) is 6.54 Å². The second-order valence-electron chi connectivity index (χ2n) is 3.84. The maximum atomic E-state index is 12.2. The van der Waals surface area contributed by atoms with Crippen LogP contribution in [0.15, 0.2) is 24.5 Å².